The van der Waals surface area contributed by atoms with Gasteiger partial charge in [-0.25, -0.2) is 4.98 Å². The summed E-state index contributed by atoms with van der Waals surface area (Å²) in [5.41, 5.74) is 5.32. The molecule has 0 bridgehead atoms. The molecule has 0 aliphatic carbocycles. The number of aliphatic carboxylic acids is 1. The fraction of sp³-hybridized carbons (Fsp3) is 0.462. The van der Waals surface area contributed by atoms with Gasteiger partial charge in [-0.2, -0.15) is 0 Å². The van der Waals surface area contributed by atoms with Crippen molar-refractivity contribution in [2.45, 2.75) is 20.3 Å². The maximum Gasteiger partial charge on any atom is 0.308 e. The molecule has 0 fully saturated rings. The van der Waals surface area contributed by atoms with Crippen LogP contribution in [0.3, 0.4) is 0 Å². The van der Waals surface area contributed by atoms with E-state index in [1.54, 1.807) is 0 Å². The Kier molecular flexibility index (Phi) is 5.76. The molecule has 1 amide bonds. The zero-order valence-corrected chi connectivity index (χ0v) is 12.1. The number of carboxylic acids is 1. The molecule has 1 atom stereocenters. The number of primary amides is 1. The maximum absolute atomic E-state index is 11.1. The van der Waals surface area contributed by atoms with E-state index in [1.807, 2.05) is 13.8 Å². The van der Waals surface area contributed by atoms with Gasteiger partial charge in [-0.05, 0) is 18.4 Å². The SMILES string of the molecule is CC(C)CC(CNc1ncc(C(N)=O)cc1Cl)C(=O)O. The summed E-state index contributed by atoms with van der Waals surface area (Å²) >= 11 is 5.96. The first-order valence-electron chi connectivity index (χ1n) is 6.23. The van der Waals surface area contributed by atoms with Gasteiger partial charge in [0.05, 0.1) is 16.5 Å². The van der Waals surface area contributed by atoms with Crippen molar-refractivity contribution in [1.29, 1.82) is 0 Å². The van der Waals surface area contributed by atoms with Crippen LogP contribution < -0.4 is 11.1 Å². The fourth-order valence-corrected chi connectivity index (χ4v) is 2.00. The first-order chi connectivity index (χ1) is 9.31. The number of nitrogens with two attached hydrogens (primary N) is 1. The van der Waals surface area contributed by atoms with Gasteiger partial charge >= 0.3 is 5.97 Å². The van der Waals surface area contributed by atoms with Crippen molar-refractivity contribution < 1.29 is 14.7 Å². The molecule has 1 rings (SSSR count). The Bertz CT molecular complexity index is 506. The van der Waals surface area contributed by atoms with Crippen LogP contribution in [-0.2, 0) is 4.79 Å². The number of nitrogens with zero attached hydrogens (tertiary/aromatic N) is 1. The Morgan fingerprint density at radius 1 is 1.50 bits per heavy atom. The van der Waals surface area contributed by atoms with Crippen LogP contribution in [0, 0.1) is 11.8 Å². The minimum Gasteiger partial charge on any atom is -0.481 e. The van der Waals surface area contributed by atoms with Gasteiger partial charge in [0.2, 0.25) is 5.91 Å². The van der Waals surface area contributed by atoms with Crippen LogP contribution in [0.5, 0.6) is 0 Å². The first kappa shape index (κ1) is 16.2. The van der Waals surface area contributed by atoms with E-state index >= 15 is 0 Å². The molecule has 0 aromatic carbocycles. The molecule has 6 nitrogen and oxygen atoms in total. The highest BCUT2D eigenvalue weighted by Gasteiger charge is 2.19. The zero-order valence-electron chi connectivity index (χ0n) is 11.4. The van der Waals surface area contributed by atoms with E-state index in [-0.39, 0.29) is 23.0 Å². The minimum atomic E-state index is -0.865. The summed E-state index contributed by atoms with van der Waals surface area (Å²) in [4.78, 5) is 26.1. The molecule has 0 saturated heterocycles. The topological polar surface area (TPSA) is 105 Å². The second-order valence-electron chi connectivity index (χ2n) is 4.96. The molecule has 1 unspecified atom stereocenters. The van der Waals surface area contributed by atoms with E-state index in [0.29, 0.717) is 12.2 Å². The van der Waals surface area contributed by atoms with Gasteiger partial charge in [-0.1, -0.05) is 25.4 Å². The average molecular weight is 300 g/mol. The lowest BCUT2D eigenvalue weighted by molar-refractivity contribution is -0.141. The Morgan fingerprint density at radius 3 is 2.60 bits per heavy atom. The highest BCUT2D eigenvalue weighted by Crippen LogP contribution is 2.21. The predicted octanol–water partition coefficient (Wildman–Crippen LogP) is 1.99. The quantitative estimate of drug-likeness (QED) is 0.714. The molecule has 110 valence electrons. The standard InChI is InChI=1S/C13H18ClN3O3/c1-7(2)3-9(13(19)20)6-17-12-10(14)4-8(5-16-12)11(15)18/h4-5,7,9H,3,6H2,1-2H3,(H2,15,18)(H,16,17)(H,19,20). The van der Waals surface area contributed by atoms with E-state index in [9.17, 15) is 9.59 Å². The van der Waals surface area contributed by atoms with Gasteiger partial charge in [-0.3, -0.25) is 9.59 Å². The normalized spacial score (nSPS) is 12.2. The summed E-state index contributed by atoms with van der Waals surface area (Å²) in [7, 11) is 0. The molecule has 20 heavy (non-hydrogen) atoms. The van der Waals surface area contributed by atoms with E-state index < -0.39 is 17.8 Å². The number of amides is 1. The summed E-state index contributed by atoms with van der Waals surface area (Å²) in [5, 5.41) is 12.3. The number of carboxylic acid groups (broad SMARTS) is 1. The fourth-order valence-electron chi connectivity index (χ4n) is 1.76. The highest BCUT2D eigenvalue weighted by atomic mass is 35.5. The van der Waals surface area contributed by atoms with Gasteiger partial charge < -0.3 is 16.2 Å². The van der Waals surface area contributed by atoms with Crippen molar-refractivity contribution in [3.63, 3.8) is 0 Å². The Labute approximate surface area is 122 Å². The third-order valence-electron chi connectivity index (χ3n) is 2.75. The first-order valence-corrected chi connectivity index (χ1v) is 6.61. The molecule has 1 aromatic heterocycles. The third kappa shape index (κ3) is 4.70. The second-order valence-corrected chi connectivity index (χ2v) is 5.37. The number of aromatic nitrogens is 1. The van der Waals surface area contributed by atoms with Crippen molar-refractivity contribution in [3.05, 3.63) is 22.8 Å². The highest BCUT2D eigenvalue weighted by molar-refractivity contribution is 6.33. The van der Waals surface area contributed by atoms with Crippen molar-refractivity contribution >= 4 is 29.3 Å². The lowest BCUT2D eigenvalue weighted by Gasteiger charge is -2.16. The summed E-state index contributed by atoms with van der Waals surface area (Å²) in [5.74, 6) is -1.39. The van der Waals surface area contributed by atoms with Crippen molar-refractivity contribution in [3.8, 4) is 0 Å². The molecule has 0 saturated carbocycles. The van der Waals surface area contributed by atoms with Gasteiger partial charge in [-0.15, -0.1) is 0 Å². The number of nitrogens with one attached hydrogen (secondary N) is 1. The molecule has 7 heteroatoms. The van der Waals surface area contributed by atoms with Crippen molar-refractivity contribution in [1.82, 2.24) is 4.98 Å². The summed E-state index contributed by atoms with van der Waals surface area (Å²) < 4.78 is 0. The molecule has 1 aromatic rings. The number of rotatable bonds is 7. The number of hydrogen-bond donors (Lipinski definition) is 3. The monoisotopic (exact) mass is 299 g/mol. The lowest BCUT2D eigenvalue weighted by Crippen LogP contribution is -2.25. The number of anilines is 1. The van der Waals surface area contributed by atoms with E-state index in [4.69, 9.17) is 22.4 Å². The molecular formula is C13H18ClN3O3. The van der Waals surface area contributed by atoms with E-state index in [1.165, 1.54) is 12.3 Å². The number of hydrogen-bond acceptors (Lipinski definition) is 4. The number of pyridine rings is 1. The predicted molar refractivity (Wildman–Crippen MR) is 76.8 cm³/mol. The Morgan fingerprint density at radius 2 is 2.15 bits per heavy atom. The Balaban J connectivity index is 2.73. The third-order valence-corrected chi connectivity index (χ3v) is 3.03. The van der Waals surface area contributed by atoms with Gasteiger partial charge in [0.1, 0.15) is 5.82 Å². The van der Waals surface area contributed by atoms with E-state index in [0.717, 1.165) is 0 Å². The van der Waals surface area contributed by atoms with Crippen LogP contribution in [0.1, 0.15) is 30.6 Å². The van der Waals surface area contributed by atoms with Crippen LogP contribution in [0.2, 0.25) is 5.02 Å². The smallest absolute Gasteiger partial charge is 0.308 e. The van der Waals surface area contributed by atoms with Crippen LogP contribution in [0.4, 0.5) is 5.82 Å². The number of carbonyl (C=O) groups excluding carboxylic acids is 1. The molecule has 0 aliphatic heterocycles. The second kappa shape index (κ2) is 7.09. The average Bonchev–Trinajstić information content (AvgIpc) is 2.34. The largest absolute Gasteiger partial charge is 0.481 e. The van der Waals surface area contributed by atoms with Crippen molar-refractivity contribution in [2.75, 3.05) is 11.9 Å². The molecule has 0 aliphatic rings. The van der Waals surface area contributed by atoms with Crippen molar-refractivity contribution in [2.24, 2.45) is 17.6 Å². The van der Waals surface area contributed by atoms with Gasteiger partial charge in [0, 0.05) is 12.7 Å². The minimum absolute atomic E-state index is 0.206. The number of carbonyl (C=O) groups is 2. The Hall–Kier alpha value is -1.82. The number of halogens is 1. The van der Waals surface area contributed by atoms with Crippen LogP contribution in [0.15, 0.2) is 12.3 Å². The molecule has 0 radical (unpaired) electrons. The summed E-state index contributed by atoms with van der Waals surface area (Å²) in [6, 6.07) is 1.40. The molecule has 4 N–H and O–H groups in total. The van der Waals surface area contributed by atoms with Crippen LogP contribution in [-0.4, -0.2) is 28.5 Å². The molecule has 1 heterocycles. The maximum atomic E-state index is 11.1. The van der Waals surface area contributed by atoms with E-state index in [2.05, 4.69) is 10.3 Å². The van der Waals surface area contributed by atoms with Gasteiger partial charge in [0.15, 0.2) is 0 Å². The zero-order chi connectivity index (χ0) is 15.3. The molecular weight excluding hydrogens is 282 g/mol. The molecule has 0 spiro atoms. The lowest BCUT2D eigenvalue weighted by atomic mass is 9.97. The van der Waals surface area contributed by atoms with Gasteiger partial charge in [0.25, 0.3) is 0 Å². The summed E-state index contributed by atoms with van der Waals surface area (Å²) in [6.45, 7) is 4.14. The van der Waals surface area contributed by atoms with Crippen LogP contribution in [0.25, 0.3) is 0 Å². The summed E-state index contributed by atoms with van der Waals surface area (Å²) in [6.07, 6.45) is 1.86. The van der Waals surface area contributed by atoms with Crippen LogP contribution >= 0.6 is 11.6 Å².